The average molecular weight is 904 g/mol. The van der Waals surface area contributed by atoms with Crippen molar-refractivity contribution in [3.05, 3.63) is 84.7 Å². The Bertz CT molecular complexity index is 2770. The molecule has 0 bridgehead atoms. The highest BCUT2D eigenvalue weighted by Crippen LogP contribution is 2.58. The second kappa shape index (κ2) is 18.0. The van der Waals surface area contributed by atoms with Crippen LogP contribution in [0.15, 0.2) is 73.1 Å². The van der Waals surface area contributed by atoms with E-state index in [4.69, 9.17) is 14.5 Å². The molecule has 18 heteroatoms. The largest absolute Gasteiger partial charge is 0.453 e. The maximum Gasteiger partial charge on any atom is 0.407 e. The maximum absolute atomic E-state index is 14.0. The van der Waals surface area contributed by atoms with Crippen LogP contribution in [0.5, 0.6) is 0 Å². The van der Waals surface area contributed by atoms with E-state index < -0.39 is 40.1 Å². The number of alkyl carbamates (subject to hydrolysis) is 2. The van der Waals surface area contributed by atoms with Gasteiger partial charge in [0.1, 0.15) is 33.6 Å². The average Bonchev–Trinajstić information content (AvgIpc) is 3.80. The lowest BCUT2D eigenvalue weighted by atomic mass is 9.98. The zero-order valence-corrected chi connectivity index (χ0v) is 37.8. The van der Waals surface area contributed by atoms with Gasteiger partial charge in [0.15, 0.2) is 0 Å². The fraction of sp³-hybridized carbons (Fsp3) is 0.426. The van der Waals surface area contributed by atoms with Crippen molar-refractivity contribution in [1.82, 2.24) is 40.4 Å². The van der Waals surface area contributed by atoms with Gasteiger partial charge in [0.2, 0.25) is 11.8 Å². The molecule has 2 saturated heterocycles. The molecule has 1 spiro atoms. The minimum absolute atomic E-state index is 0.0131. The van der Waals surface area contributed by atoms with Gasteiger partial charge in [-0.2, -0.15) is 5.26 Å². The molecule has 3 aliphatic rings. The van der Waals surface area contributed by atoms with Crippen LogP contribution in [0.1, 0.15) is 69.7 Å². The van der Waals surface area contributed by atoms with E-state index in [0.717, 1.165) is 69.9 Å². The highest BCUT2D eigenvalue weighted by Gasteiger charge is 2.55. The summed E-state index contributed by atoms with van der Waals surface area (Å²) >= 11 is 0. The number of carbonyl (C=O) groups excluding carboxylic acids is 4. The van der Waals surface area contributed by atoms with Crippen LogP contribution in [0.2, 0.25) is 0 Å². The van der Waals surface area contributed by atoms with Crippen molar-refractivity contribution in [2.24, 2.45) is 17.3 Å². The summed E-state index contributed by atoms with van der Waals surface area (Å²) in [5.41, 5.74) is 5.43. The Morgan fingerprint density at radius 3 is 1.98 bits per heavy atom. The second-order valence-electron chi connectivity index (χ2n) is 17.9. The normalized spacial score (nSPS) is 19.8. The summed E-state index contributed by atoms with van der Waals surface area (Å²) in [4.78, 5) is 71.6. The van der Waals surface area contributed by atoms with Gasteiger partial charge in [0.05, 0.1) is 67.8 Å². The van der Waals surface area contributed by atoms with Crippen LogP contribution in [0.3, 0.4) is 0 Å². The van der Waals surface area contributed by atoms with E-state index in [0.29, 0.717) is 24.6 Å². The second-order valence-corrected chi connectivity index (χ2v) is 20.2. The van der Waals surface area contributed by atoms with Crippen LogP contribution in [0.4, 0.5) is 9.59 Å². The highest BCUT2D eigenvalue weighted by atomic mass is 32.2. The number of rotatable bonds is 13. The van der Waals surface area contributed by atoms with Crippen LogP contribution >= 0.6 is 0 Å². The smallest absolute Gasteiger partial charge is 0.407 e. The number of nitriles is 1. The van der Waals surface area contributed by atoms with Crippen LogP contribution in [-0.4, -0.2) is 114 Å². The monoisotopic (exact) mass is 903 g/mol. The number of fused-ring (bicyclic) bond motifs is 1. The summed E-state index contributed by atoms with van der Waals surface area (Å²) in [6, 6.07) is 20.2. The number of hydrogen-bond donors (Lipinski definition) is 4. The number of carbonyl (C=O) groups is 4. The Kier molecular flexibility index (Phi) is 12.4. The van der Waals surface area contributed by atoms with Gasteiger partial charge in [0, 0.05) is 24.9 Å². The molecule has 65 heavy (non-hydrogen) atoms. The van der Waals surface area contributed by atoms with Crippen LogP contribution < -0.4 is 10.6 Å². The quantitative estimate of drug-likeness (QED) is 0.102. The van der Waals surface area contributed by atoms with Crippen molar-refractivity contribution in [3.8, 4) is 39.7 Å². The zero-order chi connectivity index (χ0) is 46.2. The third kappa shape index (κ3) is 9.70. The van der Waals surface area contributed by atoms with Gasteiger partial charge >= 0.3 is 12.2 Å². The fourth-order valence-electron chi connectivity index (χ4n) is 9.11. The number of likely N-dealkylation sites (tertiary alicyclic amines) is 2. The third-order valence-electron chi connectivity index (χ3n) is 13.0. The van der Waals surface area contributed by atoms with Crippen LogP contribution in [-0.2, 0) is 28.9 Å². The Morgan fingerprint density at radius 1 is 0.815 bits per heavy atom. The molecule has 17 nitrogen and oxygen atoms in total. The molecule has 8 rings (SSSR count). The molecule has 1 saturated carbocycles. The lowest BCUT2D eigenvalue weighted by Crippen LogP contribution is -2.51. The Hall–Kier alpha value is -6.74. The number of aromatic nitrogens is 4. The minimum atomic E-state index is -3.39. The van der Waals surface area contributed by atoms with Gasteiger partial charge in [0.25, 0.3) is 0 Å². The maximum atomic E-state index is 14.0. The number of H-pyrrole nitrogens is 2. The fourth-order valence-corrected chi connectivity index (χ4v) is 9.78. The standard InChI is InChI=1S/C47H53N9O8S/c1-27(2)40(54-46(60)64-4)44(58)55-25-28(22-48)18-38(55)41-49-24-37(52-41)34-13-12-32-19-31(10-11-33(32)20-34)29-6-8-30(9-7-29)36-23-50-42(51-36)39-21-47(15-16-47)26-56(39)43(57)35(53-45(59)63-3)14-17-65(5,61)62/h6-13,19-20,23-24,27-28,35,38-40H,14-18,21,25-26H2,1-5H3,(H,49,52)(H,50,51)(H,53,59)(H,54,60)/t28-,35+,38+,39+,40+/m0/s1. The van der Waals surface area contributed by atoms with Gasteiger partial charge in [-0.05, 0) is 83.0 Å². The van der Waals surface area contributed by atoms with E-state index in [1.165, 1.54) is 14.2 Å². The van der Waals surface area contributed by atoms with Gasteiger partial charge in [-0.15, -0.1) is 0 Å². The molecule has 2 aliphatic heterocycles. The number of benzene rings is 3. The van der Waals surface area contributed by atoms with Gasteiger partial charge in [-0.3, -0.25) is 9.59 Å². The highest BCUT2D eigenvalue weighted by molar-refractivity contribution is 7.90. The number of nitrogens with zero attached hydrogens (tertiary/aromatic N) is 5. The number of ether oxygens (including phenoxy) is 2. The molecule has 340 valence electrons. The van der Waals surface area contributed by atoms with E-state index >= 15 is 0 Å². The zero-order valence-electron chi connectivity index (χ0n) is 37.0. The minimum Gasteiger partial charge on any atom is -0.453 e. The first-order chi connectivity index (χ1) is 31.1. The third-order valence-corrected chi connectivity index (χ3v) is 13.9. The van der Waals surface area contributed by atoms with E-state index in [9.17, 15) is 32.9 Å². The van der Waals surface area contributed by atoms with Crippen molar-refractivity contribution in [3.63, 3.8) is 0 Å². The summed E-state index contributed by atoms with van der Waals surface area (Å²) in [6.45, 7) is 4.42. The lowest BCUT2D eigenvalue weighted by molar-refractivity contribution is -0.136. The molecular weight excluding hydrogens is 851 g/mol. The van der Waals surface area contributed by atoms with Crippen molar-refractivity contribution in [2.45, 2.75) is 70.1 Å². The SMILES string of the molecule is COC(=O)N[C@H](CCS(C)(=O)=O)C(=O)N1CC2(CC2)C[C@@H]1c1ncc(-c2ccc(-c3ccc4cc(-c5cnc([C@H]6C[C@@H](C#N)CN6C(=O)[C@H](NC(=O)OC)C(C)C)[nH]5)ccc4c3)cc2)[nH]1. The summed E-state index contributed by atoms with van der Waals surface area (Å²) in [7, 11) is -0.939. The van der Waals surface area contributed by atoms with E-state index in [1.54, 1.807) is 22.2 Å². The molecule has 2 aromatic heterocycles. The predicted molar refractivity (Wildman–Crippen MR) is 241 cm³/mol. The van der Waals surface area contributed by atoms with Crippen molar-refractivity contribution >= 4 is 44.6 Å². The number of imidazole rings is 2. The Labute approximate surface area is 377 Å². The van der Waals surface area contributed by atoms with E-state index in [2.05, 4.69) is 74.1 Å². The van der Waals surface area contributed by atoms with Gasteiger partial charge < -0.3 is 39.9 Å². The predicted octanol–water partition coefficient (Wildman–Crippen LogP) is 6.29. The molecule has 5 aromatic rings. The number of nitrogens with one attached hydrogen (secondary N) is 4. The Balaban J connectivity index is 0.960. The van der Waals surface area contributed by atoms with E-state index in [-0.39, 0.29) is 53.8 Å². The van der Waals surface area contributed by atoms with Crippen LogP contribution in [0, 0.1) is 28.6 Å². The molecular formula is C47H53N9O8S. The van der Waals surface area contributed by atoms with Crippen molar-refractivity contribution < 1.29 is 37.1 Å². The molecule has 0 unspecified atom stereocenters. The first-order valence-electron chi connectivity index (χ1n) is 21.7. The Morgan fingerprint density at radius 2 is 1.38 bits per heavy atom. The number of sulfone groups is 1. The van der Waals surface area contributed by atoms with Crippen LogP contribution in [0.25, 0.3) is 44.4 Å². The lowest BCUT2D eigenvalue weighted by Gasteiger charge is -2.29. The first-order valence-corrected chi connectivity index (χ1v) is 23.8. The molecule has 0 radical (unpaired) electrons. The summed E-state index contributed by atoms with van der Waals surface area (Å²) in [6.07, 6.45) is 6.14. The van der Waals surface area contributed by atoms with Gasteiger partial charge in [-0.25, -0.2) is 28.0 Å². The molecule has 3 fully saturated rings. The first kappa shape index (κ1) is 44.9. The van der Waals surface area contributed by atoms with E-state index in [1.807, 2.05) is 32.0 Å². The molecule has 4 heterocycles. The molecule has 1 aliphatic carbocycles. The summed E-state index contributed by atoms with van der Waals surface area (Å²) < 4.78 is 33.5. The molecule has 3 aromatic carbocycles. The number of amides is 4. The van der Waals surface area contributed by atoms with Crippen molar-refractivity contribution in [2.75, 3.05) is 39.3 Å². The number of methoxy groups -OCH3 is 2. The topological polar surface area (TPSA) is 233 Å². The molecule has 5 atom stereocenters. The molecule has 4 N–H and O–H groups in total. The number of hydrogen-bond acceptors (Lipinski definition) is 11. The molecule has 4 amide bonds. The number of aromatic amines is 2. The summed E-state index contributed by atoms with van der Waals surface area (Å²) in [5, 5.41) is 17.0. The van der Waals surface area contributed by atoms with Crippen molar-refractivity contribution in [1.29, 1.82) is 5.26 Å². The van der Waals surface area contributed by atoms with Gasteiger partial charge in [-0.1, -0.05) is 62.4 Å². The summed E-state index contributed by atoms with van der Waals surface area (Å²) in [5.74, 6) is -0.295.